The standard InChI is InChI=1S/C11H17NO2S/c1-7(13)9-10(11(2,3)4)12-8(15-9)6-14-5/h6H2,1-5H3. The van der Waals surface area contributed by atoms with E-state index in [0.717, 1.165) is 15.6 Å². The highest BCUT2D eigenvalue weighted by Crippen LogP contribution is 2.30. The van der Waals surface area contributed by atoms with Crippen molar-refractivity contribution in [3.8, 4) is 0 Å². The van der Waals surface area contributed by atoms with Crippen LogP contribution in [0.2, 0.25) is 0 Å². The highest BCUT2D eigenvalue weighted by atomic mass is 32.1. The summed E-state index contributed by atoms with van der Waals surface area (Å²) in [4.78, 5) is 16.7. The SMILES string of the molecule is COCc1nc(C(C)(C)C)c(C(C)=O)s1. The molecule has 15 heavy (non-hydrogen) atoms. The number of thiazole rings is 1. The third-order valence-electron chi connectivity index (χ3n) is 1.97. The minimum atomic E-state index is -0.0938. The number of aromatic nitrogens is 1. The smallest absolute Gasteiger partial charge is 0.171 e. The number of hydrogen-bond acceptors (Lipinski definition) is 4. The van der Waals surface area contributed by atoms with Crippen molar-refractivity contribution in [2.24, 2.45) is 0 Å². The average molecular weight is 227 g/mol. The minimum absolute atomic E-state index is 0.0831. The van der Waals surface area contributed by atoms with Gasteiger partial charge in [-0.3, -0.25) is 4.79 Å². The van der Waals surface area contributed by atoms with E-state index in [-0.39, 0.29) is 11.2 Å². The molecule has 0 saturated carbocycles. The second-order valence-electron chi connectivity index (χ2n) is 4.52. The maximum absolute atomic E-state index is 11.5. The molecule has 0 spiro atoms. The second kappa shape index (κ2) is 4.41. The molecule has 0 saturated heterocycles. The van der Waals surface area contributed by atoms with Gasteiger partial charge in [0.25, 0.3) is 0 Å². The van der Waals surface area contributed by atoms with Gasteiger partial charge in [-0.1, -0.05) is 20.8 Å². The van der Waals surface area contributed by atoms with Crippen LogP contribution in [0.1, 0.15) is 48.1 Å². The molecular formula is C11H17NO2S. The van der Waals surface area contributed by atoms with E-state index in [2.05, 4.69) is 25.8 Å². The Hall–Kier alpha value is -0.740. The van der Waals surface area contributed by atoms with Gasteiger partial charge in [-0.2, -0.15) is 0 Å². The van der Waals surface area contributed by atoms with Gasteiger partial charge >= 0.3 is 0 Å². The first kappa shape index (κ1) is 12.3. The van der Waals surface area contributed by atoms with Crippen LogP contribution >= 0.6 is 11.3 Å². The van der Waals surface area contributed by atoms with Crippen molar-refractivity contribution in [2.45, 2.75) is 39.7 Å². The van der Waals surface area contributed by atoms with E-state index in [9.17, 15) is 4.79 Å². The lowest BCUT2D eigenvalue weighted by molar-refractivity contribution is 0.101. The number of rotatable bonds is 3. The lowest BCUT2D eigenvalue weighted by atomic mass is 9.91. The summed E-state index contributed by atoms with van der Waals surface area (Å²) in [5, 5.41) is 0.868. The highest BCUT2D eigenvalue weighted by molar-refractivity contribution is 7.13. The summed E-state index contributed by atoms with van der Waals surface area (Å²) in [6, 6.07) is 0. The molecule has 3 nitrogen and oxygen atoms in total. The number of nitrogens with zero attached hydrogens (tertiary/aromatic N) is 1. The Morgan fingerprint density at radius 1 is 1.47 bits per heavy atom. The van der Waals surface area contributed by atoms with E-state index in [1.54, 1.807) is 14.0 Å². The van der Waals surface area contributed by atoms with Crippen molar-refractivity contribution in [1.82, 2.24) is 4.98 Å². The average Bonchev–Trinajstić information content (AvgIpc) is 2.48. The fraction of sp³-hybridized carbons (Fsp3) is 0.636. The summed E-state index contributed by atoms with van der Waals surface area (Å²) in [6.07, 6.45) is 0. The van der Waals surface area contributed by atoms with E-state index < -0.39 is 0 Å². The Balaban J connectivity index is 3.18. The van der Waals surface area contributed by atoms with Gasteiger partial charge in [0, 0.05) is 19.4 Å². The highest BCUT2D eigenvalue weighted by Gasteiger charge is 2.25. The number of ether oxygens (including phenoxy) is 1. The molecule has 0 aliphatic carbocycles. The Morgan fingerprint density at radius 2 is 2.07 bits per heavy atom. The minimum Gasteiger partial charge on any atom is -0.378 e. The molecule has 0 N–H and O–H groups in total. The predicted molar refractivity (Wildman–Crippen MR) is 61.5 cm³/mol. The number of hydrogen-bond donors (Lipinski definition) is 0. The first-order valence-electron chi connectivity index (χ1n) is 4.86. The number of Topliss-reactive ketones (excluding diaryl/α,β-unsaturated/α-hetero) is 1. The van der Waals surface area contributed by atoms with Gasteiger partial charge in [0.1, 0.15) is 5.01 Å². The van der Waals surface area contributed by atoms with Crippen LogP contribution in [0.25, 0.3) is 0 Å². The lowest BCUT2D eigenvalue weighted by Gasteiger charge is -2.16. The summed E-state index contributed by atoms with van der Waals surface area (Å²) in [5.41, 5.74) is 0.788. The van der Waals surface area contributed by atoms with Crippen LogP contribution in [-0.4, -0.2) is 17.9 Å². The molecule has 1 aromatic heterocycles. The molecular weight excluding hydrogens is 210 g/mol. The Bertz CT molecular complexity index is 363. The Morgan fingerprint density at radius 3 is 2.40 bits per heavy atom. The second-order valence-corrected chi connectivity index (χ2v) is 5.61. The molecule has 0 aliphatic heterocycles. The van der Waals surface area contributed by atoms with Crippen molar-refractivity contribution < 1.29 is 9.53 Å². The van der Waals surface area contributed by atoms with Crippen LogP contribution in [0.15, 0.2) is 0 Å². The first-order valence-corrected chi connectivity index (χ1v) is 5.68. The van der Waals surface area contributed by atoms with Crippen LogP contribution in [0.3, 0.4) is 0 Å². The van der Waals surface area contributed by atoms with Crippen LogP contribution in [0, 0.1) is 0 Å². The number of carbonyl (C=O) groups is 1. The number of carbonyl (C=O) groups excluding carboxylic acids is 1. The van der Waals surface area contributed by atoms with E-state index in [1.807, 2.05) is 0 Å². The van der Waals surface area contributed by atoms with E-state index >= 15 is 0 Å². The summed E-state index contributed by atoms with van der Waals surface area (Å²) in [6.45, 7) is 8.24. The lowest BCUT2D eigenvalue weighted by Crippen LogP contribution is -2.15. The van der Waals surface area contributed by atoms with E-state index in [1.165, 1.54) is 11.3 Å². The zero-order valence-corrected chi connectivity index (χ0v) is 10.7. The molecule has 1 heterocycles. The molecule has 0 amide bonds. The summed E-state index contributed by atoms with van der Waals surface area (Å²) in [7, 11) is 1.63. The monoisotopic (exact) mass is 227 g/mol. The van der Waals surface area contributed by atoms with Crippen molar-refractivity contribution in [3.05, 3.63) is 15.6 Å². The molecule has 0 bridgehead atoms. The molecule has 0 aliphatic rings. The van der Waals surface area contributed by atoms with Gasteiger partial charge in [-0.25, -0.2) is 4.98 Å². The summed E-state index contributed by atoms with van der Waals surface area (Å²) >= 11 is 1.43. The van der Waals surface area contributed by atoms with Gasteiger partial charge < -0.3 is 4.74 Å². The maximum atomic E-state index is 11.5. The Kier molecular flexibility index (Phi) is 3.62. The van der Waals surface area contributed by atoms with Crippen LogP contribution in [-0.2, 0) is 16.8 Å². The molecule has 0 unspecified atom stereocenters. The number of ketones is 1. The first-order chi connectivity index (χ1) is 6.86. The fourth-order valence-corrected chi connectivity index (χ4v) is 2.44. The zero-order chi connectivity index (χ0) is 11.6. The molecule has 0 fully saturated rings. The normalized spacial score (nSPS) is 11.8. The largest absolute Gasteiger partial charge is 0.378 e. The molecule has 0 radical (unpaired) electrons. The van der Waals surface area contributed by atoms with Gasteiger partial charge in [-0.15, -0.1) is 11.3 Å². The third kappa shape index (κ3) is 2.86. The van der Waals surface area contributed by atoms with Crippen molar-refractivity contribution in [2.75, 3.05) is 7.11 Å². The van der Waals surface area contributed by atoms with Gasteiger partial charge in [-0.05, 0) is 0 Å². The molecule has 0 aromatic carbocycles. The summed E-state index contributed by atoms with van der Waals surface area (Å²) in [5.74, 6) is 0.0831. The zero-order valence-electron chi connectivity index (χ0n) is 9.88. The summed E-state index contributed by atoms with van der Waals surface area (Å²) < 4.78 is 5.03. The molecule has 4 heteroatoms. The molecule has 0 atom stereocenters. The molecule has 1 rings (SSSR count). The maximum Gasteiger partial charge on any atom is 0.171 e. The van der Waals surface area contributed by atoms with Gasteiger partial charge in [0.2, 0.25) is 0 Å². The molecule has 84 valence electrons. The van der Waals surface area contributed by atoms with Crippen LogP contribution in [0.5, 0.6) is 0 Å². The van der Waals surface area contributed by atoms with Crippen molar-refractivity contribution in [3.63, 3.8) is 0 Å². The predicted octanol–water partition coefficient (Wildman–Crippen LogP) is 2.79. The quantitative estimate of drug-likeness (QED) is 0.745. The topological polar surface area (TPSA) is 39.2 Å². The van der Waals surface area contributed by atoms with Crippen LogP contribution in [0.4, 0.5) is 0 Å². The fourth-order valence-electron chi connectivity index (χ4n) is 1.30. The van der Waals surface area contributed by atoms with Crippen LogP contribution < -0.4 is 0 Å². The van der Waals surface area contributed by atoms with Gasteiger partial charge in [0.15, 0.2) is 5.78 Å². The van der Waals surface area contributed by atoms with Crippen molar-refractivity contribution >= 4 is 17.1 Å². The van der Waals surface area contributed by atoms with E-state index in [0.29, 0.717) is 6.61 Å². The van der Waals surface area contributed by atoms with Crippen molar-refractivity contribution in [1.29, 1.82) is 0 Å². The van der Waals surface area contributed by atoms with E-state index in [4.69, 9.17) is 4.74 Å². The van der Waals surface area contributed by atoms with Gasteiger partial charge in [0.05, 0.1) is 17.2 Å². The molecule has 1 aromatic rings. The third-order valence-corrected chi connectivity index (χ3v) is 3.10. The Labute approximate surface area is 94.5 Å². The number of methoxy groups -OCH3 is 1.